The smallest absolute Gasteiger partial charge is 0.416 e. The number of anilines is 1. The zero-order valence-corrected chi connectivity index (χ0v) is 23.3. The van der Waals surface area contributed by atoms with Crippen LogP contribution in [0.1, 0.15) is 31.8 Å². The van der Waals surface area contributed by atoms with Crippen LogP contribution in [-0.4, -0.2) is 59.6 Å². The molecule has 3 aromatic carbocycles. The standard InChI is InChI=1S/C32H27F3N4O5/c33-32(34,35)24-5-7-25(8-6-24)37-30(40)23-4-12-29(36-18-23)44-26-9-2-22(3-10-26)31(41)39-15-13-38(14-16-39)19-21-1-11-27-28(17-21)43-20-42-27/h1-12,17-18H,13-16,19-20H2,(H,37,40). The summed E-state index contributed by atoms with van der Waals surface area (Å²) in [6.45, 7) is 3.76. The number of amides is 2. The molecular formula is C32H27F3N4O5. The average molecular weight is 605 g/mol. The first-order valence-corrected chi connectivity index (χ1v) is 13.8. The van der Waals surface area contributed by atoms with Crippen LogP contribution in [0.2, 0.25) is 0 Å². The van der Waals surface area contributed by atoms with Crippen molar-refractivity contribution >= 4 is 17.5 Å². The second-order valence-corrected chi connectivity index (χ2v) is 10.3. The van der Waals surface area contributed by atoms with E-state index in [1.54, 1.807) is 24.3 Å². The monoisotopic (exact) mass is 604 g/mol. The van der Waals surface area contributed by atoms with Crippen LogP contribution in [0, 0.1) is 0 Å². The minimum Gasteiger partial charge on any atom is -0.454 e. The number of carbonyl (C=O) groups is 2. The van der Waals surface area contributed by atoms with E-state index in [-0.39, 0.29) is 29.8 Å². The molecular weight excluding hydrogens is 577 g/mol. The number of nitrogens with zero attached hydrogens (tertiary/aromatic N) is 3. The minimum atomic E-state index is -4.45. The number of carbonyl (C=O) groups excluding carboxylic acids is 2. The first kappa shape index (κ1) is 29.0. The van der Waals surface area contributed by atoms with Gasteiger partial charge in [0.25, 0.3) is 11.8 Å². The molecule has 0 spiro atoms. The van der Waals surface area contributed by atoms with Gasteiger partial charge >= 0.3 is 6.18 Å². The average Bonchev–Trinajstić information content (AvgIpc) is 3.50. The molecule has 2 amide bonds. The Morgan fingerprint density at radius 3 is 2.23 bits per heavy atom. The summed E-state index contributed by atoms with van der Waals surface area (Å²) in [5.41, 5.74) is 1.30. The Labute approximate surface area is 250 Å². The molecule has 3 heterocycles. The SMILES string of the molecule is O=C(Nc1ccc(C(F)(F)F)cc1)c1ccc(Oc2ccc(C(=O)N3CCN(Cc4ccc5c(c4)OCO5)CC3)cc2)nc1. The van der Waals surface area contributed by atoms with Crippen LogP contribution >= 0.6 is 0 Å². The van der Waals surface area contributed by atoms with Crippen LogP contribution in [0.25, 0.3) is 0 Å². The summed E-state index contributed by atoms with van der Waals surface area (Å²) in [6, 6.07) is 19.9. The van der Waals surface area contributed by atoms with E-state index in [1.165, 1.54) is 30.5 Å². The van der Waals surface area contributed by atoms with Crippen molar-refractivity contribution in [2.24, 2.45) is 0 Å². The highest BCUT2D eigenvalue weighted by Crippen LogP contribution is 2.33. The van der Waals surface area contributed by atoms with E-state index < -0.39 is 17.6 Å². The van der Waals surface area contributed by atoms with Crippen molar-refractivity contribution in [3.8, 4) is 23.1 Å². The Kier molecular flexibility index (Phi) is 8.07. The van der Waals surface area contributed by atoms with Gasteiger partial charge in [-0.25, -0.2) is 4.98 Å². The van der Waals surface area contributed by atoms with Gasteiger partial charge in [0.2, 0.25) is 12.7 Å². The Hall–Kier alpha value is -5.10. The molecule has 1 saturated heterocycles. The van der Waals surface area contributed by atoms with Crippen LogP contribution in [0.4, 0.5) is 18.9 Å². The van der Waals surface area contributed by atoms with E-state index in [9.17, 15) is 22.8 Å². The van der Waals surface area contributed by atoms with Gasteiger partial charge < -0.3 is 24.4 Å². The fraction of sp³-hybridized carbons (Fsp3) is 0.219. The van der Waals surface area contributed by atoms with Crippen LogP contribution < -0.4 is 19.5 Å². The number of pyridine rings is 1. The van der Waals surface area contributed by atoms with Gasteiger partial charge in [0.05, 0.1) is 11.1 Å². The molecule has 0 saturated carbocycles. The maximum atomic E-state index is 13.1. The van der Waals surface area contributed by atoms with E-state index in [2.05, 4.69) is 15.2 Å². The highest BCUT2D eigenvalue weighted by atomic mass is 19.4. The lowest BCUT2D eigenvalue weighted by Gasteiger charge is -2.34. The molecule has 44 heavy (non-hydrogen) atoms. The van der Waals surface area contributed by atoms with Crippen LogP contribution in [0.15, 0.2) is 85.1 Å². The summed E-state index contributed by atoms with van der Waals surface area (Å²) in [4.78, 5) is 33.8. The summed E-state index contributed by atoms with van der Waals surface area (Å²) in [5.74, 6) is 1.63. The van der Waals surface area contributed by atoms with Crippen LogP contribution in [0.5, 0.6) is 23.1 Å². The van der Waals surface area contributed by atoms with E-state index in [1.807, 2.05) is 23.1 Å². The lowest BCUT2D eigenvalue weighted by atomic mass is 10.1. The third-order valence-corrected chi connectivity index (χ3v) is 7.29. The molecule has 0 atom stereocenters. The van der Waals surface area contributed by atoms with Gasteiger partial charge in [-0.15, -0.1) is 0 Å². The van der Waals surface area contributed by atoms with Crippen molar-refractivity contribution in [3.63, 3.8) is 0 Å². The number of aromatic nitrogens is 1. The fourth-order valence-corrected chi connectivity index (χ4v) is 4.90. The molecule has 0 radical (unpaired) electrons. The topological polar surface area (TPSA) is 93.2 Å². The molecule has 0 bridgehead atoms. The van der Waals surface area contributed by atoms with Gasteiger partial charge in [-0.1, -0.05) is 6.07 Å². The van der Waals surface area contributed by atoms with Gasteiger partial charge in [0.1, 0.15) is 5.75 Å². The summed E-state index contributed by atoms with van der Waals surface area (Å²) in [6.07, 6.45) is -3.15. The summed E-state index contributed by atoms with van der Waals surface area (Å²) < 4.78 is 54.8. The quantitative estimate of drug-likeness (QED) is 0.284. The second kappa shape index (κ2) is 12.3. The largest absolute Gasteiger partial charge is 0.454 e. The lowest BCUT2D eigenvalue weighted by molar-refractivity contribution is -0.137. The number of hydrogen-bond donors (Lipinski definition) is 1. The minimum absolute atomic E-state index is 0.0548. The predicted octanol–water partition coefficient (Wildman–Crippen LogP) is 5.83. The number of rotatable bonds is 7. The van der Waals surface area contributed by atoms with Crippen molar-refractivity contribution < 1.29 is 37.0 Å². The van der Waals surface area contributed by atoms with Crippen LogP contribution in [-0.2, 0) is 12.7 Å². The van der Waals surface area contributed by atoms with Gasteiger partial charge in [-0.2, -0.15) is 13.2 Å². The molecule has 2 aliphatic rings. The molecule has 6 rings (SSSR count). The fourth-order valence-electron chi connectivity index (χ4n) is 4.90. The summed E-state index contributed by atoms with van der Waals surface area (Å²) in [5, 5.41) is 2.54. The van der Waals surface area contributed by atoms with Gasteiger partial charge in [0.15, 0.2) is 11.5 Å². The second-order valence-electron chi connectivity index (χ2n) is 10.3. The first-order chi connectivity index (χ1) is 21.2. The molecule has 0 unspecified atom stereocenters. The molecule has 4 aromatic rings. The maximum Gasteiger partial charge on any atom is 0.416 e. The van der Waals surface area contributed by atoms with E-state index >= 15 is 0 Å². The molecule has 0 aliphatic carbocycles. The zero-order valence-electron chi connectivity index (χ0n) is 23.3. The molecule has 9 nitrogen and oxygen atoms in total. The van der Waals surface area contributed by atoms with Gasteiger partial charge in [0, 0.05) is 56.2 Å². The van der Waals surface area contributed by atoms with E-state index in [0.29, 0.717) is 24.4 Å². The normalized spacial score (nSPS) is 14.8. The lowest BCUT2D eigenvalue weighted by Crippen LogP contribution is -2.48. The number of halogens is 3. The molecule has 226 valence electrons. The Balaban J connectivity index is 0.979. The third-order valence-electron chi connectivity index (χ3n) is 7.29. The molecule has 2 aliphatic heterocycles. The third kappa shape index (κ3) is 6.76. The predicted molar refractivity (Wildman–Crippen MR) is 154 cm³/mol. The highest BCUT2D eigenvalue weighted by molar-refractivity contribution is 6.04. The van der Waals surface area contributed by atoms with Crippen molar-refractivity contribution in [1.29, 1.82) is 0 Å². The van der Waals surface area contributed by atoms with Crippen molar-refractivity contribution in [2.75, 3.05) is 38.3 Å². The number of ether oxygens (including phenoxy) is 3. The summed E-state index contributed by atoms with van der Waals surface area (Å²) >= 11 is 0. The summed E-state index contributed by atoms with van der Waals surface area (Å²) in [7, 11) is 0. The number of hydrogen-bond acceptors (Lipinski definition) is 7. The van der Waals surface area contributed by atoms with Gasteiger partial charge in [-0.3, -0.25) is 14.5 Å². The maximum absolute atomic E-state index is 13.1. The Morgan fingerprint density at radius 1 is 0.841 bits per heavy atom. The number of piperazine rings is 1. The number of nitrogens with one attached hydrogen (secondary N) is 1. The Morgan fingerprint density at radius 2 is 1.55 bits per heavy atom. The van der Waals surface area contributed by atoms with E-state index in [0.717, 1.165) is 48.8 Å². The molecule has 1 aromatic heterocycles. The number of benzene rings is 3. The van der Waals surface area contributed by atoms with Crippen molar-refractivity contribution in [2.45, 2.75) is 12.7 Å². The Bertz CT molecular complexity index is 1640. The molecule has 1 fully saturated rings. The zero-order chi connectivity index (χ0) is 30.7. The van der Waals surface area contributed by atoms with Crippen molar-refractivity contribution in [3.05, 3.63) is 107 Å². The number of fused-ring (bicyclic) bond motifs is 1. The van der Waals surface area contributed by atoms with Crippen LogP contribution in [0.3, 0.4) is 0 Å². The first-order valence-electron chi connectivity index (χ1n) is 13.8. The molecule has 1 N–H and O–H groups in total. The van der Waals surface area contributed by atoms with Gasteiger partial charge in [-0.05, 0) is 72.3 Å². The number of alkyl halides is 3. The van der Waals surface area contributed by atoms with Crippen molar-refractivity contribution in [1.82, 2.24) is 14.8 Å². The van der Waals surface area contributed by atoms with E-state index in [4.69, 9.17) is 14.2 Å². The highest BCUT2D eigenvalue weighted by Gasteiger charge is 2.30. The molecule has 12 heteroatoms.